The van der Waals surface area contributed by atoms with Gasteiger partial charge in [-0.2, -0.15) is 0 Å². The number of unbranched alkanes of at least 4 members (excludes halogenated alkanes) is 2. The molecule has 4 saturated heterocycles. The van der Waals surface area contributed by atoms with Gasteiger partial charge in [0.15, 0.2) is 5.60 Å². The number of fused-ring (bicyclic) bond motifs is 2. The van der Waals surface area contributed by atoms with Crippen molar-refractivity contribution in [2.75, 3.05) is 0 Å². The lowest BCUT2D eigenvalue weighted by Gasteiger charge is -2.58. The van der Waals surface area contributed by atoms with Crippen LogP contribution in [-0.2, 0) is 24.0 Å². The van der Waals surface area contributed by atoms with Crippen LogP contribution in [0.3, 0.4) is 0 Å². The third-order valence-electron chi connectivity index (χ3n) is 6.91. The van der Waals surface area contributed by atoms with Crippen molar-refractivity contribution in [2.24, 2.45) is 23.7 Å². The molecule has 24 heavy (non-hydrogen) atoms. The highest BCUT2D eigenvalue weighted by atomic mass is 17.3. The molecule has 4 aliphatic heterocycles. The molecule has 0 N–H and O–H groups in total. The average molecular weight is 338 g/mol. The minimum atomic E-state index is -0.799. The number of carbonyl (C=O) groups excluding carboxylic acids is 1. The van der Waals surface area contributed by atoms with Crippen LogP contribution in [0.1, 0.15) is 72.1 Å². The molecular weight excluding hydrogens is 308 g/mol. The maximum atomic E-state index is 12.7. The summed E-state index contributed by atoms with van der Waals surface area (Å²) in [6, 6.07) is 0. The van der Waals surface area contributed by atoms with Gasteiger partial charge in [0.1, 0.15) is 0 Å². The zero-order chi connectivity index (χ0) is 16.9. The summed E-state index contributed by atoms with van der Waals surface area (Å²) in [7, 11) is 0. The summed E-state index contributed by atoms with van der Waals surface area (Å²) >= 11 is 0. The van der Waals surface area contributed by atoms with E-state index in [0.29, 0.717) is 11.8 Å². The van der Waals surface area contributed by atoms with Gasteiger partial charge in [-0.05, 0) is 38.5 Å². The number of ether oxygens (including phenoxy) is 2. The van der Waals surface area contributed by atoms with Crippen LogP contribution in [0.5, 0.6) is 0 Å². The molecule has 5 nitrogen and oxygen atoms in total. The molecule has 0 aromatic heterocycles. The van der Waals surface area contributed by atoms with Crippen molar-refractivity contribution in [1.29, 1.82) is 0 Å². The molecule has 4 heterocycles. The van der Waals surface area contributed by atoms with Crippen molar-refractivity contribution in [3.05, 3.63) is 0 Å². The van der Waals surface area contributed by atoms with Crippen LogP contribution in [0.4, 0.5) is 0 Å². The van der Waals surface area contributed by atoms with Crippen molar-refractivity contribution < 1.29 is 24.0 Å². The highest BCUT2D eigenvalue weighted by Crippen LogP contribution is 2.60. The topological polar surface area (TPSA) is 54.0 Å². The standard InChI is InChI=1S/C19H30O5/c1-4-5-6-7-13-15-9-8-12(2)14-10-11-18(3)22-17(21-16(13)20)19(14,15)24-23-18/h12-15,17H,4-11H2,1-3H3. The van der Waals surface area contributed by atoms with Crippen LogP contribution >= 0.6 is 0 Å². The number of esters is 1. The van der Waals surface area contributed by atoms with E-state index in [0.717, 1.165) is 51.4 Å². The minimum Gasteiger partial charge on any atom is -0.432 e. The van der Waals surface area contributed by atoms with E-state index >= 15 is 0 Å². The van der Waals surface area contributed by atoms with Crippen molar-refractivity contribution in [3.63, 3.8) is 0 Å². The summed E-state index contributed by atoms with van der Waals surface area (Å²) in [5.74, 6) is 0.0193. The summed E-state index contributed by atoms with van der Waals surface area (Å²) in [4.78, 5) is 24.6. The number of hydrogen-bond donors (Lipinski definition) is 0. The van der Waals surface area contributed by atoms with E-state index in [1.54, 1.807) is 0 Å². The summed E-state index contributed by atoms with van der Waals surface area (Å²) < 4.78 is 12.0. The molecule has 0 amide bonds. The molecule has 5 fully saturated rings. The number of carbonyl (C=O) groups is 1. The summed E-state index contributed by atoms with van der Waals surface area (Å²) in [5, 5.41) is 0. The third kappa shape index (κ3) is 2.35. The first-order valence-electron chi connectivity index (χ1n) is 9.75. The zero-order valence-electron chi connectivity index (χ0n) is 15.1. The monoisotopic (exact) mass is 338 g/mol. The largest absolute Gasteiger partial charge is 0.432 e. The Morgan fingerprint density at radius 3 is 2.75 bits per heavy atom. The Balaban J connectivity index is 1.69. The smallest absolute Gasteiger partial charge is 0.311 e. The summed E-state index contributed by atoms with van der Waals surface area (Å²) in [5.41, 5.74) is -0.613. The lowest BCUT2D eigenvalue weighted by atomic mass is 9.57. The fourth-order valence-corrected chi connectivity index (χ4v) is 5.55. The van der Waals surface area contributed by atoms with Crippen LogP contribution in [0.2, 0.25) is 0 Å². The Labute approximate surface area is 144 Å². The van der Waals surface area contributed by atoms with E-state index in [4.69, 9.17) is 19.2 Å². The fourth-order valence-electron chi connectivity index (χ4n) is 5.55. The van der Waals surface area contributed by atoms with Gasteiger partial charge in [0.2, 0.25) is 12.1 Å². The fraction of sp³-hybridized carbons (Fsp3) is 0.947. The average Bonchev–Trinajstić information content (AvgIpc) is 2.78. The van der Waals surface area contributed by atoms with Gasteiger partial charge >= 0.3 is 5.97 Å². The summed E-state index contributed by atoms with van der Waals surface area (Å²) in [6.45, 7) is 6.36. The Morgan fingerprint density at radius 2 is 1.96 bits per heavy atom. The molecule has 1 saturated carbocycles. The van der Waals surface area contributed by atoms with Crippen LogP contribution in [0, 0.1) is 23.7 Å². The molecule has 0 radical (unpaired) electrons. The summed E-state index contributed by atoms with van der Waals surface area (Å²) in [6.07, 6.45) is 7.55. The van der Waals surface area contributed by atoms with Crippen LogP contribution in [0.25, 0.3) is 0 Å². The van der Waals surface area contributed by atoms with E-state index in [1.807, 2.05) is 6.92 Å². The maximum Gasteiger partial charge on any atom is 0.311 e. The second kappa shape index (κ2) is 5.96. The molecule has 7 atom stereocenters. The van der Waals surface area contributed by atoms with Gasteiger partial charge in [-0.15, -0.1) is 0 Å². The van der Waals surface area contributed by atoms with Crippen LogP contribution < -0.4 is 0 Å². The molecule has 5 aliphatic rings. The molecule has 7 unspecified atom stereocenters. The molecule has 0 aromatic carbocycles. The van der Waals surface area contributed by atoms with E-state index in [-0.39, 0.29) is 17.8 Å². The van der Waals surface area contributed by atoms with E-state index in [1.165, 1.54) is 0 Å². The molecule has 5 rings (SSSR count). The van der Waals surface area contributed by atoms with Gasteiger partial charge in [0.05, 0.1) is 5.92 Å². The van der Waals surface area contributed by atoms with Crippen molar-refractivity contribution in [1.82, 2.24) is 0 Å². The Bertz CT molecular complexity index is 508. The van der Waals surface area contributed by atoms with Gasteiger partial charge in [-0.25, -0.2) is 9.78 Å². The SMILES string of the molecule is CCCCCC1C(=O)OC2OC3(C)CCC4C(C)CCC1C24OO3. The second-order valence-electron chi connectivity index (χ2n) is 8.45. The van der Waals surface area contributed by atoms with Gasteiger partial charge in [0.25, 0.3) is 0 Å². The first kappa shape index (κ1) is 16.8. The lowest BCUT2D eigenvalue weighted by molar-refractivity contribution is -0.559. The van der Waals surface area contributed by atoms with Crippen molar-refractivity contribution >= 4 is 5.97 Å². The third-order valence-corrected chi connectivity index (χ3v) is 6.91. The van der Waals surface area contributed by atoms with Gasteiger partial charge in [0, 0.05) is 18.3 Å². The molecule has 1 spiro atoms. The van der Waals surface area contributed by atoms with E-state index < -0.39 is 17.7 Å². The number of hydrogen-bond acceptors (Lipinski definition) is 5. The Kier molecular flexibility index (Phi) is 4.17. The quantitative estimate of drug-likeness (QED) is 0.441. The molecule has 2 bridgehead atoms. The van der Waals surface area contributed by atoms with Crippen molar-refractivity contribution in [2.45, 2.75) is 89.8 Å². The Hall–Kier alpha value is -0.650. The highest BCUT2D eigenvalue weighted by molar-refractivity contribution is 5.74. The molecule has 5 heteroatoms. The van der Waals surface area contributed by atoms with Gasteiger partial charge in [-0.1, -0.05) is 33.1 Å². The maximum absolute atomic E-state index is 12.7. The predicted octanol–water partition coefficient (Wildman–Crippen LogP) is 3.96. The molecule has 1 aliphatic carbocycles. The Morgan fingerprint density at radius 1 is 1.12 bits per heavy atom. The highest BCUT2D eigenvalue weighted by Gasteiger charge is 2.70. The van der Waals surface area contributed by atoms with E-state index in [9.17, 15) is 4.79 Å². The van der Waals surface area contributed by atoms with Gasteiger partial charge < -0.3 is 9.47 Å². The predicted molar refractivity (Wildman–Crippen MR) is 86.5 cm³/mol. The first-order chi connectivity index (χ1) is 11.5. The van der Waals surface area contributed by atoms with Gasteiger partial charge in [-0.3, -0.25) is 4.79 Å². The number of rotatable bonds is 4. The first-order valence-corrected chi connectivity index (χ1v) is 9.75. The lowest BCUT2D eigenvalue weighted by Crippen LogP contribution is -2.70. The molecule has 0 aromatic rings. The molecular formula is C19H30O5. The van der Waals surface area contributed by atoms with Crippen LogP contribution in [0.15, 0.2) is 0 Å². The molecule has 136 valence electrons. The van der Waals surface area contributed by atoms with E-state index in [2.05, 4.69) is 13.8 Å². The second-order valence-corrected chi connectivity index (χ2v) is 8.45. The zero-order valence-corrected chi connectivity index (χ0v) is 15.1. The van der Waals surface area contributed by atoms with Crippen LogP contribution in [-0.4, -0.2) is 23.6 Å². The van der Waals surface area contributed by atoms with Crippen molar-refractivity contribution in [3.8, 4) is 0 Å². The minimum absolute atomic E-state index is 0.0857. The normalized spacial score (nSPS) is 50.1.